The largest absolute Gasteiger partial charge is 0.353 e. The Morgan fingerprint density at radius 1 is 1.50 bits per heavy atom. The molecule has 20 heavy (non-hydrogen) atoms. The molecular weight excluding hydrogens is 252 g/mol. The Kier molecular flexibility index (Phi) is 3.76. The molecule has 0 aromatic heterocycles. The summed E-state index contributed by atoms with van der Waals surface area (Å²) in [6.45, 7) is 8.82. The van der Waals surface area contributed by atoms with E-state index in [1.54, 1.807) is 0 Å². The molecule has 0 radical (unpaired) electrons. The van der Waals surface area contributed by atoms with Crippen LogP contribution in [-0.4, -0.2) is 24.8 Å². The van der Waals surface area contributed by atoms with E-state index in [9.17, 15) is 4.79 Å². The van der Waals surface area contributed by atoms with Crippen LogP contribution in [0.1, 0.15) is 46.0 Å². The predicted molar refractivity (Wildman–Crippen MR) is 77.2 cm³/mol. The maximum Gasteiger partial charge on any atom is 0.158 e. The lowest BCUT2D eigenvalue weighted by atomic mass is 9.59. The van der Waals surface area contributed by atoms with Gasteiger partial charge in [-0.25, -0.2) is 0 Å². The highest BCUT2D eigenvalue weighted by Gasteiger charge is 2.64. The molecule has 1 aliphatic heterocycles. The molecule has 2 saturated carbocycles. The average molecular weight is 278 g/mol. The zero-order valence-corrected chi connectivity index (χ0v) is 12.6. The number of carbonyl (C=O) groups excluding carboxylic acids is 1. The van der Waals surface area contributed by atoms with E-state index in [1.807, 2.05) is 13.0 Å². The van der Waals surface area contributed by atoms with E-state index >= 15 is 0 Å². The van der Waals surface area contributed by atoms with Crippen molar-refractivity contribution in [1.29, 1.82) is 0 Å². The molecule has 1 spiro atoms. The van der Waals surface area contributed by atoms with Crippen LogP contribution in [0.25, 0.3) is 0 Å². The van der Waals surface area contributed by atoms with Crippen molar-refractivity contribution in [3.05, 3.63) is 12.7 Å². The van der Waals surface area contributed by atoms with E-state index < -0.39 is 0 Å². The van der Waals surface area contributed by atoms with Gasteiger partial charge in [0.1, 0.15) is 5.78 Å². The fourth-order valence-corrected chi connectivity index (χ4v) is 5.06. The second-order valence-corrected chi connectivity index (χ2v) is 6.85. The van der Waals surface area contributed by atoms with Crippen molar-refractivity contribution in [2.45, 2.75) is 58.3 Å². The Morgan fingerprint density at radius 2 is 2.30 bits per heavy atom. The normalized spacial score (nSPS) is 47.1. The Bertz CT molecular complexity index is 405. The predicted octanol–water partition coefficient (Wildman–Crippen LogP) is 3.34. The lowest BCUT2D eigenvalue weighted by molar-refractivity contribution is -0.144. The van der Waals surface area contributed by atoms with Gasteiger partial charge < -0.3 is 9.47 Å². The molecule has 112 valence electrons. The quantitative estimate of drug-likeness (QED) is 0.740. The molecule has 2 aliphatic carbocycles. The van der Waals surface area contributed by atoms with Crippen LogP contribution in [-0.2, 0) is 14.3 Å². The van der Waals surface area contributed by atoms with E-state index in [4.69, 9.17) is 9.47 Å². The lowest BCUT2D eigenvalue weighted by Crippen LogP contribution is -2.45. The highest BCUT2D eigenvalue weighted by atomic mass is 16.7. The summed E-state index contributed by atoms with van der Waals surface area (Å²) < 4.78 is 11.9. The molecule has 0 N–H and O–H groups in total. The molecule has 3 aliphatic rings. The molecule has 3 nitrogen and oxygen atoms in total. The van der Waals surface area contributed by atoms with Gasteiger partial charge in [0.2, 0.25) is 0 Å². The summed E-state index contributed by atoms with van der Waals surface area (Å²) in [5, 5.41) is 0. The molecule has 0 aromatic rings. The molecule has 6 atom stereocenters. The van der Waals surface area contributed by atoms with Gasteiger partial charge in [0.25, 0.3) is 0 Å². The molecule has 6 unspecified atom stereocenters. The summed E-state index contributed by atoms with van der Waals surface area (Å²) in [5.74, 6) is 1.66. The minimum absolute atomic E-state index is 0.0254. The minimum Gasteiger partial charge on any atom is -0.353 e. The first-order valence-electron chi connectivity index (χ1n) is 8.02. The maximum absolute atomic E-state index is 12.5. The summed E-state index contributed by atoms with van der Waals surface area (Å²) in [4.78, 5) is 12.5. The van der Waals surface area contributed by atoms with Crippen LogP contribution >= 0.6 is 0 Å². The Labute approximate surface area is 121 Å². The topological polar surface area (TPSA) is 35.5 Å². The Balaban J connectivity index is 1.93. The lowest BCUT2D eigenvalue weighted by Gasteiger charge is -2.45. The highest BCUT2D eigenvalue weighted by molar-refractivity contribution is 5.85. The molecule has 3 fully saturated rings. The highest BCUT2D eigenvalue weighted by Crippen LogP contribution is 2.63. The molecule has 0 bridgehead atoms. The number of ether oxygens (including phenoxy) is 2. The monoisotopic (exact) mass is 278 g/mol. The van der Waals surface area contributed by atoms with Crippen molar-refractivity contribution in [2.75, 3.05) is 6.61 Å². The number of hydrogen-bond acceptors (Lipinski definition) is 3. The van der Waals surface area contributed by atoms with Gasteiger partial charge in [0.15, 0.2) is 6.29 Å². The van der Waals surface area contributed by atoms with E-state index in [0.717, 1.165) is 32.1 Å². The summed E-state index contributed by atoms with van der Waals surface area (Å²) in [6.07, 6.45) is 6.65. The van der Waals surface area contributed by atoms with E-state index in [2.05, 4.69) is 13.5 Å². The second kappa shape index (κ2) is 5.27. The van der Waals surface area contributed by atoms with Crippen molar-refractivity contribution in [2.24, 2.45) is 23.2 Å². The number of rotatable bonds is 4. The zero-order chi connectivity index (χ0) is 14.3. The number of allylic oxidation sites excluding steroid dienone is 1. The summed E-state index contributed by atoms with van der Waals surface area (Å²) >= 11 is 0. The van der Waals surface area contributed by atoms with Gasteiger partial charge in [-0.3, -0.25) is 4.79 Å². The fraction of sp³-hybridized carbons (Fsp3) is 0.824. The van der Waals surface area contributed by atoms with Gasteiger partial charge >= 0.3 is 0 Å². The number of Topliss-reactive ketones (excluding diaryl/α,β-unsaturated/α-hetero) is 1. The first-order valence-corrected chi connectivity index (χ1v) is 8.02. The number of carbonyl (C=O) groups is 1. The summed E-state index contributed by atoms with van der Waals surface area (Å²) in [7, 11) is 0. The molecule has 1 heterocycles. The molecule has 1 saturated heterocycles. The van der Waals surface area contributed by atoms with Gasteiger partial charge in [0.05, 0.1) is 6.10 Å². The third-order valence-corrected chi connectivity index (χ3v) is 5.74. The SMILES string of the molecule is C=CCC1C(=O)CC2CC(C)CC3OC(OCC)CC231. The van der Waals surface area contributed by atoms with E-state index in [0.29, 0.717) is 24.2 Å². The van der Waals surface area contributed by atoms with Crippen LogP contribution in [0.4, 0.5) is 0 Å². The van der Waals surface area contributed by atoms with Crippen LogP contribution < -0.4 is 0 Å². The van der Waals surface area contributed by atoms with Crippen LogP contribution in [0.5, 0.6) is 0 Å². The fourth-order valence-electron chi connectivity index (χ4n) is 5.06. The van der Waals surface area contributed by atoms with Crippen molar-refractivity contribution in [3.63, 3.8) is 0 Å². The summed E-state index contributed by atoms with van der Waals surface area (Å²) in [5.41, 5.74) is 0.0254. The van der Waals surface area contributed by atoms with Crippen molar-refractivity contribution >= 4 is 5.78 Å². The number of ketones is 1. The average Bonchev–Trinajstić information content (AvgIpc) is 2.86. The van der Waals surface area contributed by atoms with Gasteiger partial charge in [-0.1, -0.05) is 13.0 Å². The van der Waals surface area contributed by atoms with Crippen LogP contribution in [0.3, 0.4) is 0 Å². The molecule has 3 heteroatoms. The van der Waals surface area contributed by atoms with Crippen molar-refractivity contribution < 1.29 is 14.3 Å². The first-order chi connectivity index (χ1) is 9.61. The van der Waals surface area contributed by atoms with Crippen molar-refractivity contribution in [1.82, 2.24) is 0 Å². The van der Waals surface area contributed by atoms with Gasteiger partial charge in [-0.05, 0) is 38.0 Å². The molecular formula is C17H26O3. The van der Waals surface area contributed by atoms with Crippen molar-refractivity contribution in [3.8, 4) is 0 Å². The minimum atomic E-state index is -0.115. The summed E-state index contributed by atoms with van der Waals surface area (Å²) in [6, 6.07) is 0. The number of hydrogen-bond donors (Lipinski definition) is 0. The van der Waals surface area contributed by atoms with E-state index in [1.165, 1.54) is 0 Å². The van der Waals surface area contributed by atoms with Gasteiger partial charge in [-0.2, -0.15) is 0 Å². The zero-order valence-electron chi connectivity index (χ0n) is 12.6. The van der Waals surface area contributed by atoms with Gasteiger partial charge in [0, 0.05) is 30.8 Å². The van der Waals surface area contributed by atoms with Crippen LogP contribution in [0.2, 0.25) is 0 Å². The molecule has 3 rings (SSSR count). The maximum atomic E-state index is 12.5. The van der Waals surface area contributed by atoms with Crippen LogP contribution in [0.15, 0.2) is 12.7 Å². The molecule has 0 amide bonds. The standard InChI is InChI=1S/C17H26O3/c1-4-6-13-14(18)9-12-7-11(3)8-15-17(12,13)10-16(20-15)19-5-2/h4,11-13,15-16H,1,5-10H2,2-3H3. The Hall–Kier alpha value is -0.670. The molecule has 0 aromatic carbocycles. The third kappa shape index (κ3) is 1.98. The first kappa shape index (κ1) is 14.3. The third-order valence-electron chi connectivity index (χ3n) is 5.74. The smallest absolute Gasteiger partial charge is 0.158 e. The Morgan fingerprint density at radius 3 is 3.00 bits per heavy atom. The van der Waals surface area contributed by atoms with Gasteiger partial charge in [-0.15, -0.1) is 6.58 Å². The second-order valence-electron chi connectivity index (χ2n) is 6.85. The van der Waals surface area contributed by atoms with Crippen LogP contribution in [0, 0.1) is 23.2 Å². The van der Waals surface area contributed by atoms with E-state index in [-0.39, 0.29) is 23.7 Å².